The van der Waals surface area contributed by atoms with Crippen molar-refractivity contribution in [3.63, 3.8) is 0 Å². The van der Waals surface area contributed by atoms with Gasteiger partial charge in [0.15, 0.2) is 11.6 Å². The maximum absolute atomic E-state index is 13.9. The minimum Gasteiger partial charge on any atom is -0.494 e. The third-order valence-electron chi connectivity index (χ3n) is 2.86. The smallest absolute Gasteiger partial charge is 0.171 e. The van der Waals surface area contributed by atoms with E-state index in [0.29, 0.717) is 17.7 Å². The fourth-order valence-corrected chi connectivity index (χ4v) is 1.78. The van der Waals surface area contributed by atoms with E-state index in [1.165, 1.54) is 7.11 Å². The molecule has 0 saturated carbocycles. The zero-order valence-electron chi connectivity index (χ0n) is 11.1. The molecule has 0 N–H and O–H groups in total. The fraction of sp³-hybridized carbons (Fsp3) is 0.188. The van der Waals surface area contributed by atoms with Crippen molar-refractivity contribution in [1.82, 2.24) is 0 Å². The molecule has 102 valence electrons. The highest BCUT2D eigenvalue weighted by Crippen LogP contribution is 2.21. The number of nitriles is 1. The molecule has 0 radical (unpaired) electrons. The molecule has 0 amide bonds. The van der Waals surface area contributed by atoms with Gasteiger partial charge in [-0.2, -0.15) is 5.26 Å². The van der Waals surface area contributed by atoms with Crippen LogP contribution in [-0.4, -0.2) is 7.11 Å². The van der Waals surface area contributed by atoms with Gasteiger partial charge in [-0.15, -0.1) is 0 Å². The summed E-state index contributed by atoms with van der Waals surface area (Å²) in [5, 5.41) is 8.59. The molecule has 0 aliphatic carbocycles. The minimum absolute atomic E-state index is 0.126. The van der Waals surface area contributed by atoms with Crippen LogP contribution in [-0.2, 0) is 13.0 Å². The third kappa shape index (κ3) is 3.27. The summed E-state index contributed by atoms with van der Waals surface area (Å²) in [4.78, 5) is 0. The molecule has 2 aromatic rings. The van der Waals surface area contributed by atoms with Crippen LogP contribution in [0.3, 0.4) is 0 Å². The van der Waals surface area contributed by atoms with E-state index in [4.69, 9.17) is 14.7 Å². The lowest BCUT2D eigenvalue weighted by Gasteiger charge is -2.09. The van der Waals surface area contributed by atoms with Crippen molar-refractivity contribution in [2.45, 2.75) is 13.0 Å². The molecular weight excluding hydrogens is 257 g/mol. The second-order valence-electron chi connectivity index (χ2n) is 4.20. The van der Waals surface area contributed by atoms with Gasteiger partial charge in [-0.25, -0.2) is 4.39 Å². The van der Waals surface area contributed by atoms with Crippen LogP contribution >= 0.6 is 0 Å². The first kappa shape index (κ1) is 13.9. The van der Waals surface area contributed by atoms with E-state index in [1.54, 1.807) is 30.3 Å². The predicted octanol–water partition coefficient (Wildman–Crippen LogP) is 3.48. The quantitative estimate of drug-likeness (QED) is 0.836. The number of halogens is 1. The zero-order valence-corrected chi connectivity index (χ0v) is 11.1. The van der Waals surface area contributed by atoms with Gasteiger partial charge in [0.25, 0.3) is 0 Å². The topological polar surface area (TPSA) is 42.2 Å². The van der Waals surface area contributed by atoms with Crippen LogP contribution in [0.4, 0.5) is 4.39 Å². The first-order valence-corrected chi connectivity index (χ1v) is 6.14. The Morgan fingerprint density at radius 2 is 1.90 bits per heavy atom. The van der Waals surface area contributed by atoms with Crippen molar-refractivity contribution in [2.75, 3.05) is 7.11 Å². The monoisotopic (exact) mass is 271 g/mol. The van der Waals surface area contributed by atoms with E-state index < -0.39 is 5.82 Å². The summed E-state index contributed by atoms with van der Waals surface area (Å²) in [5.41, 5.74) is 1.36. The van der Waals surface area contributed by atoms with Gasteiger partial charge in [0.1, 0.15) is 12.4 Å². The molecule has 0 heterocycles. The maximum atomic E-state index is 13.9. The van der Waals surface area contributed by atoms with Crippen molar-refractivity contribution < 1.29 is 13.9 Å². The van der Waals surface area contributed by atoms with Crippen molar-refractivity contribution in [3.05, 3.63) is 59.4 Å². The Morgan fingerprint density at radius 3 is 2.55 bits per heavy atom. The highest BCUT2D eigenvalue weighted by atomic mass is 19.1. The van der Waals surface area contributed by atoms with Crippen molar-refractivity contribution in [3.8, 4) is 17.6 Å². The standard InChI is InChI=1S/C16H14FNO2/c1-19-15-4-2-3-13(16(15)17)11-20-14-7-5-12(6-8-14)9-10-18/h2-8H,9,11H2,1H3. The van der Waals surface area contributed by atoms with Gasteiger partial charge >= 0.3 is 0 Å². The molecule has 0 saturated heterocycles. The minimum atomic E-state index is -0.406. The maximum Gasteiger partial charge on any atom is 0.171 e. The lowest BCUT2D eigenvalue weighted by molar-refractivity contribution is 0.295. The van der Waals surface area contributed by atoms with Crippen LogP contribution in [0.15, 0.2) is 42.5 Å². The Balaban J connectivity index is 2.03. The number of benzene rings is 2. The number of ether oxygens (including phenoxy) is 2. The van der Waals surface area contributed by atoms with E-state index >= 15 is 0 Å². The molecular formula is C16H14FNO2. The van der Waals surface area contributed by atoms with Gasteiger partial charge in [0.2, 0.25) is 0 Å². The molecule has 20 heavy (non-hydrogen) atoms. The number of hydrogen-bond donors (Lipinski definition) is 0. The average Bonchev–Trinajstić information content (AvgIpc) is 2.48. The van der Waals surface area contributed by atoms with Crippen LogP contribution in [0.1, 0.15) is 11.1 Å². The van der Waals surface area contributed by atoms with Crippen LogP contribution in [0.2, 0.25) is 0 Å². The van der Waals surface area contributed by atoms with E-state index in [1.807, 2.05) is 12.1 Å². The Hall–Kier alpha value is -2.54. The average molecular weight is 271 g/mol. The van der Waals surface area contributed by atoms with Crippen molar-refractivity contribution in [2.24, 2.45) is 0 Å². The van der Waals surface area contributed by atoms with Crippen LogP contribution in [0, 0.1) is 17.1 Å². The number of methoxy groups -OCH3 is 1. The summed E-state index contributed by atoms with van der Waals surface area (Å²) in [6.07, 6.45) is 0.366. The lowest BCUT2D eigenvalue weighted by atomic mass is 10.1. The molecule has 4 heteroatoms. The van der Waals surface area contributed by atoms with Gasteiger partial charge in [-0.1, -0.05) is 24.3 Å². The second kappa shape index (κ2) is 6.58. The Bertz CT molecular complexity index is 617. The summed E-state index contributed by atoms with van der Waals surface area (Å²) < 4.78 is 24.3. The molecule has 0 atom stereocenters. The van der Waals surface area contributed by atoms with E-state index in [-0.39, 0.29) is 12.4 Å². The van der Waals surface area contributed by atoms with Crippen LogP contribution in [0.5, 0.6) is 11.5 Å². The summed E-state index contributed by atoms with van der Waals surface area (Å²) >= 11 is 0. The normalized spacial score (nSPS) is 9.85. The van der Waals surface area contributed by atoms with E-state index in [0.717, 1.165) is 5.56 Å². The van der Waals surface area contributed by atoms with Gasteiger partial charge in [-0.3, -0.25) is 0 Å². The van der Waals surface area contributed by atoms with Gasteiger partial charge in [0, 0.05) is 5.56 Å². The van der Waals surface area contributed by atoms with Gasteiger partial charge < -0.3 is 9.47 Å². The second-order valence-corrected chi connectivity index (χ2v) is 4.20. The summed E-state index contributed by atoms with van der Waals surface area (Å²) in [6, 6.07) is 14.2. The Kier molecular flexibility index (Phi) is 4.56. The molecule has 0 bridgehead atoms. The van der Waals surface area contributed by atoms with Crippen molar-refractivity contribution >= 4 is 0 Å². The number of nitrogens with zero attached hydrogens (tertiary/aromatic N) is 1. The molecule has 0 aromatic heterocycles. The SMILES string of the molecule is COc1cccc(COc2ccc(CC#N)cc2)c1F. The molecule has 2 rings (SSSR count). The highest BCUT2D eigenvalue weighted by Gasteiger charge is 2.08. The molecule has 0 unspecified atom stereocenters. The van der Waals surface area contributed by atoms with Gasteiger partial charge in [0.05, 0.1) is 19.6 Å². The predicted molar refractivity (Wildman–Crippen MR) is 73.0 cm³/mol. The molecule has 2 aromatic carbocycles. The first-order valence-electron chi connectivity index (χ1n) is 6.14. The van der Waals surface area contributed by atoms with Crippen molar-refractivity contribution in [1.29, 1.82) is 5.26 Å². The molecule has 0 fully saturated rings. The van der Waals surface area contributed by atoms with Gasteiger partial charge in [-0.05, 0) is 23.8 Å². The number of hydrogen-bond acceptors (Lipinski definition) is 3. The van der Waals surface area contributed by atoms with Crippen LogP contribution in [0.25, 0.3) is 0 Å². The van der Waals surface area contributed by atoms with Crippen LogP contribution < -0.4 is 9.47 Å². The lowest BCUT2D eigenvalue weighted by Crippen LogP contribution is -2.00. The summed E-state index contributed by atoms with van der Waals surface area (Å²) in [5.74, 6) is 0.431. The molecule has 0 spiro atoms. The molecule has 3 nitrogen and oxygen atoms in total. The third-order valence-corrected chi connectivity index (χ3v) is 2.86. The molecule has 0 aliphatic rings. The zero-order chi connectivity index (χ0) is 14.4. The summed E-state index contributed by atoms with van der Waals surface area (Å²) in [6.45, 7) is 0.126. The largest absolute Gasteiger partial charge is 0.494 e. The Labute approximate surface area is 117 Å². The Morgan fingerprint density at radius 1 is 1.15 bits per heavy atom. The number of rotatable bonds is 5. The van der Waals surface area contributed by atoms with E-state index in [9.17, 15) is 4.39 Å². The fourth-order valence-electron chi connectivity index (χ4n) is 1.78. The molecule has 0 aliphatic heterocycles. The first-order chi connectivity index (χ1) is 9.74. The summed E-state index contributed by atoms with van der Waals surface area (Å²) in [7, 11) is 1.43. The highest BCUT2D eigenvalue weighted by molar-refractivity contribution is 5.32. The van der Waals surface area contributed by atoms with E-state index in [2.05, 4.69) is 6.07 Å².